The van der Waals surface area contributed by atoms with E-state index in [4.69, 9.17) is 0 Å². The van der Waals surface area contributed by atoms with E-state index in [1.165, 1.54) is 10.4 Å². The SMILES string of the molecule is CCc1sc(C(=O)Nc2ccc(-c3csc(C)n3)cc2)cc1C. The molecular weight excluding hydrogens is 324 g/mol. The summed E-state index contributed by atoms with van der Waals surface area (Å²) in [4.78, 5) is 18.8. The number of rotatable bonds is 4. The van der Waals surface area contributed by atoms with Gasteiger partial charge in [-0.15, -0.1) is 22.7 Å². The van der Waals surface area contributed by atoms with Crippen molar-refractivity contribution in [3.8, 4) is 11.3 Å². The van der Waals surface area contributed by atoms with Gasteiger partial charge >= 0.3 is 0 Å². The van der Waals surface area contributed by atoms with Crippen LogP contribution in [-0.2, 0) is 6.42 Å². The molecule has 1 amide bonds. The maximum absolute atomic E-state index is 12.3. The number of hydrogen-bond donors (Lipinski definition) is 1. The van der Waals surface area contributed by atoms with Gasteiger partial charge in [-0.05, 0) is 44.0 Å². The maximum atomic E-state index is 12.3. The van der Waals surface area contributed by atoms with Crippen LogP contribution in [0, 0.1) is 13.8 Å². The average Bonchev–Trinajstić information content (AvgIpc) is 3.14. The summed E-state index contributed by atoms with van der Waals surface area (Å²) in [5.74, 6) is -0.0462. The Bertz CT molecular complexity index is 831. The van der Waals surface area contributed by atoms with Crippen molar-refractivity contribution in [2.24, 2.45) is 0 Å². The van der Waals surface area contributed by atoms with Crippen LogP contribution in [0.3, 0.4) is 0 Å². The number of nitrogens with zero attached hydrogens (tertiary/aromatic N) is 1. The van der Waals surface area contributed by atoms with E-state index in [1.54, 1.807) is 22.7 Å². The average molecular weight is 342 g/mol. The van der Waals surface area contributed by atoms with Crippen LogP contribution in [0.5, 0.6) is 0 Å². The number of amides is 1. The maximum Gasteiger partial charge on any atom is 0.265 e. The monoisotopic (exact) mass is 342 g/mol. The highest BCUT2D eigenvalue weighted by atomic mass is 32.1. The topological polar surface area (TPSA) is 42.0 Å². The Hall–Kier alpha value is -1.98. The Morgan fingerprint density at radius 1 is 1.22 bits per heavy atom. The molecule has 2 heterocycles. The minimum absolute atomic E-state index is 0.0462. The number of anilines is 1. The predicted molar refractivity (Wildman–Crippen MR) is 98.7 cm³/mol. The molecule has 3 rings (SSSR count). The fourth-order valence-electron chi connectivity index (χ4n) is 2.40. The molecule has 1 aromatic carbocycles. The normalized spacial score (nSPS) is 10.7. The van der Waals surface area contributed by atoms with Crippen molar-refractivity contribution in [1.29, 1.82) is 0 Å². The van der Waals surface area contributed by atoms with Crippen molar-refractivity contribution >= 4 is 34.3 Å². The lowest BCUT2D eigenvalue weighted by Gasteiger charge is -2.04. The Morgan fingerprint density at radius 2 is 1.96 bits per heavy atom. The van der Waals surface area contributed by atoms with Gasteiger partial charge in [-0.3, -0.25) is 4.79 Å². The quantitative estimate of drug-likeness (QED) is 0.699. The largest absolute Gasteiger partial charge is 0.321 e. The van der Waals surface area contributed by atoms with Gasteiger partial charge in [0.05, 0.1) is 15.6 Å². The lowest BCUT2D eigenvalue weighted by molar-refractivity contribution is 0.103. The van der Waals surface area contributed by atoms with Gasteiger partial charge in [0, 0.05) is 21.5 Å². The van der Waals surface area contributed by atoms with Crippen LogP contribution in [-0.4, -0.2) is 10.9 Å². The first kappa shape index (κ1) is 15.9. The molecule has 0 spiro atoms. The lowest BCUT2D eigenvalue weighted by Crippen LogP contribution is -2.09. The standard InChI is InChI=1S/C18H18N2OS2/c1-4-16-11(2)9-17(23-16)18(21)20-14-7-5-13(6-8-14)15-10-22-12(3)19-15/h5-10H,4H2,1-3H3,(H,20,21). The molecular formula is C18H18N2OS2. The highest BCUT2D eigenvalue weighted by Crippen LogP contribution is 2.25. The molecule has 0 fully saturated rings. The number of carbonyl (C=O) groups excluding carboxylic acids is 1. The first-order chi connectivity index (χ1) is 11.1. The molecule has 2 aromatic heterocycles. The van der Waals surface area contributed by atoms with E-state index in [9.17, 15) is 4.79 Å². The summed E-state index contributed by atoms with van der Waals surface area (Å²) in [5.41, 5.74) is 4.03. The third kappa shape index (κ3) is 3.51. The van der Waals surface area contributed by atoms with E-state index in [0.717, 1.165) is 33.3 Å². The summed E-state index contributed by atoms with van der Waals surface area (Å²) in [6.45, 7) is 6.16. The summed E-state index contributed by atoms with van der Waals surface area (Å²) in [6.07, 6.45) is 0.964. The highest BCUT2D eigenvalue weighted by Gasteiger charge is 2.12. The molecule has 0 aliphatic heterocycles. The number of thiazole rings is 1. The summed E-state index contributed by atoms with van der Waals surface area (Å²) < 4.78 is 0. The van der Waals surface area contributed by atoms with Crippen LogP contribution in [0.25, 0.3) is 11.3 Å². The van der Waals surface area contributed by atoms with Crippen LogP contribution < -0.4 is 5.32 Å². The molecule has 3 aromatic rings. The molecule has 0 unspecified atom stereocenters. The zero-order chi connectivity index (χ0) is 16.4. The van der Waals surface area contributed by atoms with E-state index >= 15 is 0 Å². The minimum atomic E-state index is -0.0462. The molecule has 5 heteroatoms. The van der Waals surface area contributed by atoms with Crippen LogP contribution in [0.4, 0.5) is 5.69 Å². The summed E-state index contributed by atoms with van der Waals surface area (Å²) in [6, 6.07) is 9.78. The number of benzene rings is 1. The van der Waals surface area contributed by atoms with E-state index < -0.39 is 0 Å². The summed E-state index contributed by atoms with van der Waals surface area (Å²) in [7, 11) is 0. The third-order valence-corrected chi connectivity index (χ3v) is 5.78. The van der Waals surface area contributed by atoms with Gasteiger partial charge in [-0.1, -0.05) is 19.1 Å². The number of nitrogens with one attached hydrogen (secondary N) is 1. The number of aromatic nitrogens is 1. The Morgan fingerprint density at radius 3 is 2.52 bits per heavy atom. The molecule has 0 atom stereocenters. The summed E-state index contributed by atoms with van der Waals surface area (Å²) >= 11 is 3.21. The molecule has 0 saturated heterocycles. The molecule has 3 nitrogen and oxygen atoms in total. The molecule has 0 aliphatic rings. The van der Waals surface area contributed by atoms with E-state index in [1.807, 2.05) is 42.6 Å². The predicted octanol–water partition coefficient (Wildman–Crippen LogP) is 5.30. The van der Waals surface area contributed by atoms with E-state index in [0.29, 0.717) is 0 Å². The highest BCUT2D eigenvalue weighted by molar-refractivity contribution is 7.14. The molecule has 0 bridgehead atoms. The second-order valence-corrected chi connectivity index (χ2v) is 7.55. The van der Waals surface area contributed by atoms with Crippen molar-refractivity contribution in [3.05, 3.63) is 56.0 Å². The van der Waals surface area contributed by atoms with Gasteiger partial charge in [0.1, 0.15) is 0 Å². The Kier molecular flexibility index (Phi) is 4.59. The van der Waals surface area contributed by atoms with Gasteiger partial charge in [0.2, 0.25) is 0 Å². The van der Waals surface area contributed by atoms with E-state index in [2.05, 4.69) is 24.1 Å². The van der Waals surface area contributed by atoms with Gasteiger partial charge < -0.3 is 5.32 Å². The van der Waals surface area contributed by atoms with Crippen LogP contribution in [0.15, 0.2) is 35.7 Å². The smallest absolute Gasteiger partial charge is 0.265 e. The molecule has 118 valence electrons. The Balaban J connectivity index is 1.73. The minimum Gasteiger partial charge on any atom is -0.321 e. The third-order valence-electron chi connectivity index (χ3n) is 3.62. The van der Waals surface area contributed by atoms with Crippen LogP contribution >= 0.6 is 22.7 Å². The Labute approximate surface area is 144 Å². The van der Waals surface area contributed by atoms with Crippen LogP contribution in [0.1, 0.15) is 32.0 Å². The zero-order valence-corrected chi connectivity index (χ0v) is 15.0. The van der Waals surface area contributed by atoms with Gasteiger partial charge in [0.25, 0.3) is 5.91 Å². The van der Waals surface area contributed by atoms with Gasteiger partial charge in [-0.2, -0.15) is 0 Å². The van der Waals surface area contributed by atoms with Crippen molar-refractivity contribution < 1.29 is 4.79 Å². The molecule has 23 heavy (non-hydrogen) atoms. The van der Waals surface area contributed by atoms with Gasteiger partial charge in [0.15, 0.2) is 0 Å². The molecule has 0 saturated carbocycles. The zero-order valence-electron chi connectivity index (χ0n) is 13.3. The first-order valence-corrected chi connectivity index (χ1v) is 9.19. The number of carbonyl (C=O) groups is 1. The molecule has 1 N–H and O–H groups in total. The number of thiophene rings is 1. The fraction of sp³-hybridized carbons (Fsp3) is 0.222. The van der Waals surface area contributed by atoms with Gasteiger partial charge in [-0.25, -0.2) is 4.98 Å². The number of hydrogen-bond acceptors (Lipinski definition) is 4. The first-order valence-electron chi connectivity index (χ1n) is 7.50. The van der Waals surface area contributed by atoms with Crippen molar-refractivity contribution in [2.45, 2.75) is 27.2 Å². The number of aryl methyl sites for hydroxylation is 3. The second kappa shape index (κ2) is 6.64. The van der Waals surface area contributed by atoms with Crippen molar-refractivity contribution in [3.63, 3.8) is 0 Å². The van der Waals surface area contributed by atoms with E-state index in [-0.39, 0.29) is 5.91 Å². The summed E-state index contributed by atoms with van der Waals surface area (Å²) in [5, 5.41) is 6.06. The fourth-order valence-corrected chi connectivity index (χ4v) is 4.03. The van der Waals surface area contributed by atoms with Crippen molar-refractivity contribution in [1.82, 2.24) is 4.98 Å². The molecule has 0 radical (unpaired) electrons. The molecule has 0 aliphatic carbocycles. The van der Waals surface area contributed by atoms with Crippen molar-refractivity contribution in [2.75, 3.05) is 5.32 Å². The second-order valence-electron chi connectivity index (χ2n) is 5.35. The lowest BCUT2D eigenvalue weighted by atomic mass is 10.1. The van der Waals surface area contributed by atoms with Crippen LogP contribution in [0.2, 0.25) is 0 Å².